The van der Waals surface area contributed by atoms with E-state index in [0.29, 0.717) is 12.0 Å². The van der Waals surface area contributed by atoms with E-state index in [0.717, 1.165) is 43.5 Å². The number of hydrogen-bond donors (Lipinski definition) is 1. The Labute approximate surface area is 174 Å². The van der Waals surface area contributed by atoms with Crippen molar-refractivity contribution >= 4 is 11.6 Å². The van der Waals surface area contributed by atoms with Gasteiger partial charge in [-0.05, 0) is 81.9 Å². The van der Waals surface area contributed by atoms with E-state index in [4.69, 9.17) is 9.47 Å². The van der Waals surface area contributed by atoms with Crippen molar-refractivity contribution in [1.82, 2.24) is 9.80 Å². The van der Waals surface area contributed by atoms with Crippen LogP contribution in [0, 0.1) is 17.8 Å². The number of rotatable bonds is 6. The molecule has 160 valence electrons. The molecule has 3 saturated heterocycles. The van der Waals surface area contributed by atoms with Crippen molar-refractivity contribution in [2.45, 2.75) is 31.7 Å². The van der Waals surface area contributed by atoms with Gasteiger partial charge in [0.05, 0.1) is 19.6 Å². The predicted molar refractivity (Wildman–Crippen MR) is 114 cm³/mol. The molecule has 3 aliphatic rings. The van der Waals surface area contributed by atoms with Crippen molar-refractivity contribution in [3.63, 3.8) is 0 Å². The summed E-state index contributed by atoms with van der Waals surface area (Å²) in [5.74, 6) is 2.45. The van der Waals surface area contributed by atoms with Crippen LogP contribution in [0.15, 0.2) is 24.3 Å². The molecule has 29 heavy (non-hydrogen) atoms. The SMILES string of the molecule is COc1ccc(NC(=O)[C@@H]2C[C@@H](C3CCN(C[C@@H]4CCOC4)CC3)N(C)C2)cc1. The summed E-state index contributed by atoms with van der Waals surface area (Å²) >= 11 is 0. The molecule has 0 spiro atoms. The van der Waals surface area contributed by atoms with Gasteiger partial charge in [-0.15, -0.1) is 0 Å². The fourth-order valence-electron chi connectivity index (χ4n) is 5.30. The highest BCUT2D eigenvalue weighted by molar-refractivity contribution is 5.93. The quantitative estimate of drug-likeness (QED) is 0.794. The van der Waals surface area contributed by atoms with Gasteiger partial charge in [0.1, 0.15) is 5.75 Å². The topological polar surface area (TPSA) is 54.0 Å². The highest BCUT2D eigenvalue weighted by Gasteiger charge is 2.39. The fraction of sp³-hybridized carbons (Fsp3) is 0.696. The summed E-state index contributed by atoms with van der Waals surface area (Å²) in [7, 11) is 3.84. The Balaban J connectivity index is 1.25. The number of carbonyl (C=O) groups excluding carboxylic acids is 1. The number of likely N-dealkylation sites (tertiary alicyclic amines) is 2. The maximum Gasteiger partial charge on any atom is 0.228 e. The van der Waals surface area contributed by atoms with E-state index in [-0.39, 0.29) is 11.8 Å². The average molecular weight is 402 g/mol. The minimum Gasteiger partial charge on any atom is -0.497 e. The molecule has 6 heteroatoms. The Morgan fingerprint density at radius 2 is 1.97 bits per heavy atom. The number of nitrogens with one attached hydrogen (secondary N) is 1. The number of ether oxygens (including phenoxy) is 2. The first-order valence-corrected chi connectivity index (χ1v) is 11.1. The molecule has 6 nitrogen and oxygen atoms in total. The number of anilines is 1. The zero-order chi connectivity index (χ0) is 20.2. The molecule has 0 aromatic heterocycles. The molecule has 1 N–H and O–H groups in total. The fourth-order valence-corrected chi connectivity index (χ4v) is 5.30. The van der Waals surface area contributed by atoms with Crippen molar-refractivity contribution in [2.75, 3.05) is 58.9 Å². The largest absolute Gasteiger partial charge is 0.497 e. The second-order valence-electron chi connectivity index (χ2n) is 9.02. The molecule has 3 atom stereocenters. The number of nitrogens with zero attached hydrogens (tertiary/aromatic N) is 2. The van der Waals surface area contributed by atoms with Crippen LogP contribution in [0.1, 0.15) is 25.7 Å². The first-order chi connectivity index (χ1) is 14.1. The Hall–Kier alpha value is -1.63. The molecule has 4 rings (SSSR count). The van der Waals surface area contributed by atoms with Crippen LogP contribution in [0.25, 0.3) is 0 Å². The van der Waals surface area contributed by atoms with Gasteiger partial charge in [0.2, 0.25) is 5.91 Å². The van der Waals surface area contributed by atoms with Gasteiger partial charge in [0, 0.05) is 31.4 Å². The van der Waals surface area contributed by atoms with Gasteiger partial charge in [-0.1, -0.05) is 0 Å². The second-order valence-corrected chi connectivity index (χ2v) is 9.02. The van der Waals surface area contributed by atoms with Crippen LogP contribution in [-0.2, 0) is 9.53 Å². The van der Waals surface area contributed by atoms with Gasteiger partial charge in [0.25, 0.3) is 0 Å². The molecule has 0 radical (unpaired) electrons. The van der Waals surface area contributed by atoms with E-state index in [1.165, 1.54) is 38.9 Å². The monoisotopic (exact) mass is 401 g/mol. The summed E-state index contributed by atoms with van der Waals surface area (Å²) in [5, 5.41) is 3.09. The number of benzene rings is 1. The van der Waals surface area contributed by atoms with Crippen molar-refractivity contribution < 1.29 is 14.3 Å². The first-order valence-electron chi connectivity index (χ1n) is 11.1. The van der Waals surface area contributed by atoms with Gasteiger partial charge in [-0.25, -0.2) is 0 Å². The Bertz CT molecular complexity index is 666. The summed E-state index contributed by atoms with van der Waals surface area (Å²) in [6.07, 6.45) is 4.68. The Morgan fingerprint density at radius 3 is 2.62 bits per heavy atom. The standard InChI is InChI=1S/C23H35N3O3/c1-25-15-19(23(27)24-20-3-5-21(28-2)6-4-20)13-22(25)18-7-10-26(11-8-18)14-17-9-12-29-16-17/h3-6,17-19,22H,7-16H2,1-2H3,(H,24,27)/t17-,19+,22-/m0/s1. The summed E-state index contributed by atoms with van der Waals surface area (Å²) in [5.41, 5.74) is 0.839. The molecule has 1 aromatic carbocycles. The lowest BCUT2D eigenvalue weighted by molar-refractivity contribution is -0.119. The Morgan fingerprint density at radius 1 is 1.21 bits per heavy atom. The molecule has 3 fully saturated rings. The molecule has 0 unspecified atom stereocenters. The average Bonchev–Trinajstić information content (AvgIpc) is 3.39. The second kappa shape index (κ2) is 9.45. The van der Waals surface area contributed by atoms with Gasteiger partial charge in [-0.2, -0.15) is 0 Å². The third-order valence-electron chi connectivity index (χ3n) is 7.05. The number of amides is 1. The van der Waals surface area contributed by atoms with Crippen molar-refractivity contribution in [2.24, 2.45) is 17.8 Å². The van der Waals surface area contributed by atoms with Gasteiger partial charge < -0.3 is 24.6 Å². The van der Waals surface area contributed by atoms with E-state index in [9.17, 15) is 4.79 Å². The lowest BCUT2D eigenvalue weighted by atomic mass is 9.86. The highest BCUT2D eigenvalue weighted by atomic mass is 16.5. The normalized spacial score (nSPS) is 29.2. The molecule has 1 amide bonds. The number of methoxy groups -OCH3 is 1. The summed E-state index contributed by atoms with van der Waals surface area (Å²) in [6, 6.07) is 8.09. The van der Waals surface area contributed by atoms with E-state index in [1.54, 1.807) is 7.11 Å². The van der Waals surface area contributed by atoms with Crippen LogP contribution in [-0.4, -0.2) is 75.3 Å². The van der Waals surface area contributed by atoms with Crippen LogP contribution in [0.5, 0.6) is 5.75 Å². The third-order valence-corrected chi connectivity index (χ3v) is 7.05. The number of piperidine rings is 1. The highest BCUT2D eigenvalue weighted by Crippen LogP contribution is 2.34. The molecule has 0 saturated carbocycles. The van der Waals surface area contributed by atoms with Crippen LogP contribution >= 0.6 is 0 Å². The van der Waals surface area contributed by atoms with Crippen LogP contribution < -0.4 is 10.1 Å². The zero-order valence-corrected chi connectivity index (χ0v) is 17.8. The number of hydrogen-bond acceptors (Lipinski definition) is 5. The van der Waals surface area contributed by atoms with E-state index < -0.39 is 0 Å². The lowest BCUT2D eigenvalue weighted by Crippen LogP contribution is -2.43. The van der Waals surface area contributed by atoms with Gasteiger partial charge in [-0.3, -0.25) is 4.79 Å². The first kappa shape index (κ1) is 20.6. The van der Waals surface area contributed by atoms with Crippen molar-refractivity contribution in [3.05, 3.63) is 24.3 Å². The van der Waals surface area contributed by atoms with Gasteiger partial charge >= 0.3 is 0 Å². The minimum atomic E-state index is 0.0702. The summed E-state index contributed by atoms with van der Waals surface area (Å²) < 4.78 is 10.7. The summed E-state index contributed by atoms with van der Waals surface area (Å²) in [4.78, 5) is 17.8. The molecule has 1 aromatic rings. The van der Waals surface area contributed by atoms with Gasteiger partial charge in [0.15, 0.2) is 0 Å². The molecular weight excluding hydrogens is 366 g/mol. The third kappa shape index (κ3) is 5.11. The van der Waals surface area contributed by atoms with E-state index in [1.807, 2.05) is 24.3 Å². The van der Waals surface area contributed by atoms with Crippen LogP contribution in [0.2, 0.25) is 0 Å². The van der Waals surface area contributed by atoms with Crippen molar-refractivity contribution in [3.8, 4) is 5.75 Å². The lowest BCUT2D eigenvalue weighted by Gasteiger charge is -2.37. The van der Waals surface area contributed by atoms with Crippen LogP contribution in [0.4, 0.5) is 5.69 Å². The van der Waals surface area contributed by atoms with E-state index in [2.05, 4.69) is 22.2 Å². The van der Waals surface area contributed by atoms with Crippen molar-refractivity contribution in [1.29, 1.82) is 0 Å². The van der Waals surface area contributed by atoms with Crippen LogP contribution in [0.3, 0.4) is 0 Å². The summed E-state index contributed by atoms with van der Waals surface area (Å²) in [6.45, 7) is 6.30. The zero-order valence-electron chi connectivity index (χ0n) is 17.8. The molecule has 3 heterocycles. The maximum absolute atomic E-state index is 12.8. The minimum absolute atomic E-state index is 0.0702. The molecular formula is C23H35N3O3. The Kier molecular flexibility index (Phi) is 6.73. The van der Waals surface area contributed by atoms with E-state index >= 15 is 0 Å². The maximum atomic E-state index is 12.8. The molecule has 0 aliphatic carbocycles. The molecule has 0 bridgehead atoms. The molecule has 3 aliphatic heterocycles. The predicted octanol–water partition coefficient (Wildman–Crippen LogP) is 2.70. The smallest absolute Gasteiger partial charge is 0.228 e. The number of carbonyl (C=O) groups is 1.